The van der Waals surface area contributed by atoms with Crippen LogP contribution in [0.15, 0.2) is 0 Å². The van der Waals surface area contributed by atoms with Crippen LogP contribution in [0.5, 0.6) is 0 Å². The fourth-order valence-electron chi connectivity index (χ4n) is 1.36. The van der Waals surface area contributed by atoms with Crippen LogP contribution in [-0.4, -0.2) is 41.3 Å². The quantitative estimate of drug-likeness (QED) is 0.367. The van der Waals surface area contributed by atoms with E-state index in [-0.39, 0.29) is 0 Å². The van der Waals surface area contributed by atoms with Gasteiger partial charge in [0, 0.05) is 1.37 Å². The lowest BCUT2D eigenvalue weighted by molar-refractivity contribution is -0.0256. The van der Waals surface area contributed by atoms with Gasteiger partial charge in [0.05, 0.1) is 0 Å². The highest BCUT2D eigenvalue weighted by atomic mass is 31.2. The maximum absolute atomic E-state index is 11.5. The van der Waals surface area contributed by atoms with E-state index in [9.17, 15) is 33.5 Å². The first-order chi connectivity index (χ1) is 8.11. The summed E-state index contributed by atoms with van der Waals surface area (Å²) in [5.41, 5.74) is -2.61. The van der Waals surface area contributed by atoms with E-state index in [0.717, 1.165) is 13.8 Å². The second kappa shape index (κ2) is 4.92. The molecule has 11 heteroatoms. The Morgan fingerprint density at radius 1 is 1.22 bits per heavy atom. The fraction of sp³-hybridized carbons (Fsp3) is 0.857. The Labute approximate surface area is 105 Å². The largest absolute Gasteiger partial charge is 0.506 e. The molecule has 0 fully saturated rings. The van der Waals surface area contributed by atoms with E-state index in [4.69, 9.17) is 6.48 Å². The Morgan fingerprint density at radius 2 is 1.56 bits per heavy atom. The normalized spacial score (nSPS) is 19.6. The molecule has 0 aromatic rings. The first-order valence-corrected chi connectivity index (χ1v) is 7.79. The van der Waals surface area contributed by atoms with E-state index < -0.39 is 38.2 Å². The molecule has 18 heavy (non-hydrogen) atoms. The standard InChI is InChI=1S/C7H16O9P2/c1-4-6(2,16-5(8)9)7(3,17(10,11)12)18(13,14)15/h4H2,1-3H3,(H,8,9)(H2,10,11,12)(H2,13,14,15)/i4D. The molecule has 0 aliphatic carbocycles. The van der Waals surface area contributed by atoms with Crippen LogP contribution >= 0.6 is 15.2 Å². The molecule has 0 aliphatic rings. The van der Waals surface area contributed by atoms with Gasteiger partial charge in [0.15, 0.2) is 0 Å². The highest BCUT2D eigenvalue weighted by Gasteiger charge is 2.68. The van der Waals surface area contributed by atoms with E-state index in [1.165, 1.54) is 0 Å². The van der Waals surface area contributed by atoms with E-state index in [0.29, 0.717) is 6.92 Å². The SMILES string of the molecule is [2H]C(C)C(C)(OC(=O)O)C(C)(P(=O)(O)O)P(=O)(O)O. The topological polar surface area (TPSA) is 162 Å². The lowest BCUT2D eigenvalue weighted by atomic mass is 9.99. The van der Waals surface area contributed by atoms with Gasteiger partial charge < -0.3 is 29.4 Å². The van der Waals surface area contributed by atoms with Gasteiger partial charge in [-0.05, 0) is 20.2 Å². The molecule has 2 atom stereocenters. The molecule has 0 amide bonds. The summed E-state index contributed by atoms with van der Waals surface area (Å²) < 4.78 is 34.7. The van der Waals surface area contributed by atoms with Crippen LogP contribution in [0.2, 0.25) is 0 Å². The molecule has 0 saturated heterocycles. The molecule has 0 aromatic heterocycles. The molecule has 0 radical (unpaired) electrons. The van der Waals surface area contributed by atoms with Crippen molar-refractivity contribution in [3.63, 3.8) is 0 Å². The molecule has 0 aliphatic heterocycles. The Hall–Kier alpha value is -0.430. The van der Waals surface area contributed by atoms with E-state index in [2.05, 4.69) is 4.74 Å². The number of carbonyl (C=O) groups is 1. The van der Waals surface area contributed by atoms with Gasteiger partial charge in [-0.25, -0.2) is 4.79 Å². The minimum Gasteiger partial charge on any atom is -0.450 e. The van der Waals surface area contributed by atoms with Crippen LogP contribution in [0.4, 0.5) is 4.79 Å². The lowest BCUT2D eigenvalue weighted by Crippen LogP contribution is -2.51. The third kappa shape index (κ3) is 2.77. The molecule has 2 unspecified atom stereocenters. The minimum absolute atomic E-state index is 0.503. The summed E-state index contributed by atoms with van der Waals surface area (Å²) in [6.45, 7) is 2.27. The smallest absolute Gasteiger partial charge is 0.450 e. The van der Waals surface area contributed by atoms with Crippen molar-refractivity contribution in [2.45, 2.75) is 37.7 Å². The van der Waals surface area contributed by atoms with E-state index >= 15 is 0 Å². The van der Waals surface area contributed by atoms with Crippen LogP contribution in [0.1, 0.15) is 28.5 Å². The summed E-state index contributed by atoms with van der Waals surface area (Å²) in [4.78, 5) is 44.4. The average molecular weight is 307 g/mol. The summed E-state index contributed by atoms with van der Waals surface area (Å²) in [6, 6.07) is 0. The molecule has 0 rings (SSSR count). The van der Waals surface area contributed by atoms with Crippen LogP contribution in [0.3, 0.4) is 0 Å². The fourth-order valence-corrected chi connectivity index (χ4v) is 4.22. The highest BCUT2D eigenvalue weighted by molar-refractivity contribution is 7.72. The van der Waals surface area contributed by atoms with Crippen LogP contribution < -0.4 is 0 Å². The summed E-state index contributed by atoms with van der Waals surface area (Å²) in [5, 5.41) is 8.58. The first-order valence-electron chi connectivity index (χ1n) is 5.14. The molecule has 108 valence electrons. The Bertz CT molecular complexity index is 429. The van der Waals surface area contributed by atoms with Crippen molar-refractivity contribution in [1.29, 1.82) is 0 Å². The first kappa shape index (κ1) is 15.6. The third-order valence-electron chi connectivity index (χ3n) is 2.92. The molecule has 5 N–H and O–H groups in total. The molecule has 0 aromatic carbocycles. The minimum atomic E-state index is -5.51. The third-order valence-corrected chi connectivity index (χ3v) is 7.64. The molecule has 0 bridgehead atoms. The van der Waals surface area contributed by atoms with Gasteiger partial charge in [0.1, 0.15) is 5.60 Å². The van der Waals surface area contributed by atoms with Crippen molar-refractivity contribution in [3.05, 3.63) is 0 Å². The number of hydrogen-bond acceptors (Lipinski definition) is 4. The molecule has 0 saturated carbocycles. The van der Waals surface area contributed by atoms with Gasteiger partial charge in [-0.3, -0.25) is 9.13 Å². The average Bonchev–Trinajstić information content (AvgIpc) is 2.10. The van der Waals surface area contributed by atoms with Gasteiger partial charge in [-0.1, -0.05) is 6.92 Å². The lowest BCUT2D eigenvalue weighted by Gasteiger charge is -2.43. The predicted octanol–water partition coefficient (Wildman–Crippen LogP) is 0.921. The molecular weight excluding hydrogens is 290 g/mol. The van der Waals surface area contributed by atoms with Crippen molar-refractivity contribution in [2.75, 3.05) is 0 Å². The molecule has 0 heterocycles. The van der Waals surface area contributed by atoms with Gasteiger partial charge >= 0.3 is 21.3 Å². The van der Waals surface area contributed by atoms with Crippen molar-refractivity contribution in [2.24, 2.45) is 0 Å². The van der Waals surface area contributed by atoms with E-state index in [1.807, 2.05) is 0 Å². The Kier molecular flexibility index (Phi) is 4.27. The Morgan fingerprint density at radius 3 is 1.72 bits per heavy atom. The van der Waals surface area contributed by atoms with Crippen LogP contribution in [0.25, 0.3) is 0 Å². The molecule has 9 nitrogen and oxygen atoms in total. The molecule has 0 spiro atoms. The summed E-state index contributed by atoms with van der Waals surface area (Å²) in [6.07, 6.45) is -3.65. The van der Waals surface area contributed by atoms with Crippen molar-refractivity contribution >= 4 is 21.3 Å². The monoisotopic (exact) mass is 307 g/mol. The highest BCUT2D eigenvalue weighted by Crippen LogP contribution is 2.73. The van der Waals surface area contributed by atoms with Gasteiger partial charge in [0.2, 0.25) is 4.90 Å². The predicted molar refractivity (Wildman–Crippen MR) is 60.3 cm³/mol. The summed E-state index contributed by atoms with van der Waals surface area (Å²) >= 11 is 0. The van der Waals surface area contributed by atoms with Gasteiger partial charge in [-0.2, -0.15) is 0 Å². The van der Waals surface area contributed by atoms with Gasteiger partial charge in [0.25, 0.3) is 0 Å². The van der Waals surface area contributed by atoms with E-state index in [1.54, 1.807) is 0 Å². The van der Waals surface area contributed by atoms with Crippen molar-refractivity contribution in [3.8, 4) is 0 Å². The second-order valence-corrected chi connectivity index (χ2v) is 8.19. The summed E-state index contributed by atoms with van der Waals surface area (Å²) in [7, 11) is -11.0. The van der Waals surface area contributed by atoms with Crippen LogP contribution in [0, 0.1) is 0 Å². The number of ether oxygens (including phenoxy) is 1. The van der Waals surface area contributed by atoms with Crippen LogP contribution in [-0.2, 0) is 13.9 Å². The zero-order chi connectivity index (χ0) is 15.9. The number of carboxylic acid groups (broad SMARTS) is 1. The summed E-state index contributed by atoms with van der Waals surface area (Å²) in [5.74, 6) is 0. The van der Waals surface area contributed by atoms with Gasteiger partial charge in [-0.15, -0.1) is 0 Å². The number of hydrogen-bond donors (Lipinski definition) is 5. The number of rotatable bonds is 5. The zero-order valence-electron chi connectivity index (χ0n) is 10.8. The maximum Gasteiger partial charge on any atom is 0.506 e. The van der Waals surface area contributed by atoms with Crippen molar-refractivity contribution in [1.82, 2.24) is 0 Å². The maximum atomic E-state index is 11.5. The van der Waals surface area contributed by atoms with Crippen molar-refractivity contribution < 1.29 is 44.7 Å². The second-order valence-electron chi connectivity index (χ2n) is 3.87. The Balaban J connectivity index is 6.34. The molecular formula is C7H16O9P2. The zero-order valence-corrected chi connectivity index (χ0v) is 11.6.